The van der Waals surface area contributed by atoms with Crippen LogP contribution >= 0.6 is 0 Å². The fourth-order valence-electron chi connectivity index (χ4n) is 1.88. The number of aromatic nitrogens is 4. The Labute approximate surface area is 108 Å². The van der Waals surface area contributed by atoms with E-state index in [1.54, 1.807) is 0 Å². The van der Waals surface area contributed by atoms with E-state index in [0.29, 0.717) is 23.5 Å². The Morgan fingerprint density at radius 2 is 2.05 bits per heavy atom. The minimum absolute atomic E-state index is 0.411. The summed E-state index contributed by atoms with van der Waals surface area (Å²) >= 11 is 0. The molecule has 0 aliphatic heterocycles. The summed E-state index contributed by atoms with van der Waals surface area (Å²) in [5, 5.41) is 3.15. The van der Waals surface area contributed by atoms with Gasteiger partial charge in [-0.1, -0.05) is 29.8 Å². The Hall–Kier alpha value is -2.63. The molecule has 0 amide bonds. The van der Waals surface area contributed by atoms with Crippen LogP contribution in [-0.4, -0.2) is 19.9 Å². The van der Waals surface area contributed by atoms with Crippen molar-refractivity contribution in [3.05, 3.63) is 52.2 Å². The van der Waals surface area contributed by atoms with Crippen molar-refractivity contribution in [2.75, 3.05) is 5.32 Å². The largest absolute Gasteiger partial charge is 0.364 e. The molecule has 0 aliphatic rings. The normalized spacial score (nSPS) is 10.8. The van der Waals surface area contributed by atoms with E-state index in [0.717, 1.165) is 5.56 Å². The van der Waals surface area contributed by atoms with Crippen molar-refractivity contribution < 1.29 is 0 Å². The number of benzene rings is 1. The monoisotopic (exact) mass is 255 g/mol. The second-order valence-corrected chi connectivity index (χ2v) is 4.36. The van der Waals surface area contributed by atoms with Gasteiger partial charge in [-0.25, -0.2) is 9.78 Å². The minimum Gasteiger partial charge on any atom is -0.364 e. The molecule has 0 fully saturated rings. The quantitative estimate of drug-likeness (QED) is 0.663. The first-order valence-corrected chi connectivity index (χ1v) is 5.95. The Morgan fingerprint density at radius 1 is 1.26 bits per heavy atom. The number of aryl methyl sites for hydroxylation is 1. The van der Waals surface area contributed by atoms with Gasteiger partial charge in [0.25, 0.3) is 0 Å². The first-order chi connectivity index (χ1) is 9.22. The molecular formula is C13H13N5O. The van der Waals surface area contributed by atoms with Gasteiger partial charge in [0.2, 0.25) is 0 Å². The molecular weight excluding hydrogens is 242 g/mol. The fourth-order valence-corrected chi connectivity index (χ4v) is 1.88. The molecule has 19 heavy (non-hydrogen) atoms. The molecule has 2 heterocycles. The van der Waals surface area contributed by atoms with Crippen LogP contribution in [0.1, 0.15) is 11.1 Å². The van der Waals surface area contributed by atoms with Gasteiger partial charge in [-0.3, -0.25) is 4.98 Å². The topological polar surface area (TPSA) is 86.5 Å². The number of imidazole rings is 1. The zero-order valence-electron chi connectivity index (χ0n) is 10.4. The van der Waals surface area contributed by atoms with Gasteiger partial charge in [-0.2, -0.15) is 4.98 Å². The van der Waals surface area contributed by atoms with Crippen molar-refractivity contribution in [3.63, 3.8) is 0 Å². The molecule has 0 radical (unpaired) electrons. The van der Waals surface area contributed by atoms with Gasteiger partial charge >= 0.3 is 5.69 Å². The maximum absolute atomic E-state index is 11.4. The highest BCUT2D eigenvalue weighted by molar-refractivity contribution is 5.81. The van der Waals surface area contributed by atoms with Gasteiger partial charge in [0.1, 0.15) is 5.52 Å². The van der Waals surface area contributed by atoms with Crippen LogP contribution in [0.2, 0.25) is 0 Å². The molecule has 0 saturated heterocycles. The highest BCUT2D eigenvalue weighted by Gasteiger charge is 2.06. The summed E-state index contributed by atoms with van der Waals surface area (Å²) < 4.78 is 0. The van der Waals surface area contributed by atoms with E-state index in [9.17, 15) is 4.79 Å². The third-order valence-electron chi connectivity index (χ3n) is 2.90. The SMILES string of the molecule is Cc1ccc(CNc2nc(=O)[nH]c3nc[nH]c23)cc1. The van der Waals surface area contributed by atoms with E-state index in [1.807, 2.05) is 31.2 Å². The highest BCUT2D eigenvalue weighted by atomic mass is 16.1. The molecule has 3 aromatic rings. The smallest absolute Gasteiger partial charge is 0.348 e. The third-order valence-corrected chi connectivity index (χ3v) is 2.90. The lowest BCUT2D eigenvalue weighted by Crippen LogP contribution is -2.14. The zero-order valence-corrected chi connectivity index (χ0v) is 10.4. The first kappa shape index (κ1) is 11.5. The number of hydrogen-bond donors (Lipinski definition) is 3. The molecule has 0 atom stereocenters. The van der Waals surface area contributed by atoms with Crippen molar-refractivity contribution in [3.8, 4) is 0 Å². The van der Waals surface area contributed by atoms with Crippen molar-refractivity contribution in [1.29, 1.82) is 0 Å². The van der Waals surface area contributed by atoms with Gasteiger partial charge in [0.15, 0.2) is 11.5 Å². The lowest BCUT2D eigenvalue weighted by Gasteiger charge is -2.06. The maximum atomic E-state index is 11.4. The predicted octanol–water partition coefficient (Wildman–Crippen LogP) is 1.57. The van der Waals surface area contributed by atoms with Crippen LogP contribution < -0.4 is 11.0 Å². The Morgan fingerprint density at radius 3 is 2.84 bits per heavy atom. The Kier molecular flexibility index (Phi) is 2.75. The number of rotatable bonds is 3. The summed E-state index contributed by atoms with van der Waals surface area (Å²) in [7, 11) is 0. The predicted molar refractivity (Wildman–Crippen MR) is 73.0 cm³/mol. The number of nitrogens with zero attached hydrogens (tertiary/aromatic N) is 2. The number of fused-ring (bicyclic) bond motifs is 1. The van der Waals surface area contributed by atoms with Crippen LogP contribution in [0, 0.1) is 6.92 Å². The Bertz CT molecular complexity index is 757. The van der Waals surface area contributed by atoms with Crippen LogP contribution in [0.25, 0.3) is 11.2 Å². The fraction of sp³-hybridized carbons (Fsp3) is 0.154. The summed E-state index contributed by atoms with van der Waals surface area (Å²) in [6.45, 7) is 2.65. The molecule has 6 nitrogen and oxygen atoms in total. The molecule has 0 saturated carbocycles. The van der Waals surface area contributed by atoms with Crippen molar-refractivity contribution in [1.82, 2.24) is 19.9 Å². The average molecular weight is 255 g/mol. The van der Waals surface area contributed by atoms with Crippen LogP contribution in [0.15, 0.2) is 35.4 Å². The van der Waals surface area contributed by atoms with Gasteiger partial charge in [-0.15, -0.1) is 0 Å². The summed E-state index contributed by atoms with van der Waals surface area (Å²) in [4.78, 5) is 24.8. The van der Waals surface area contributed by atoms with E-state index in [1.165, 1.54) is 11.9 Å². The van der Waals surface area contributed by atoms with E-state index >= 15 is 0 Å². The number of anilines is 1. The molecule has 96 valence electrons. The zero-order chi connectivity index (χ0) is 13.2. The van der Waals surface area contributed by atoms with Crippen LogP contribution in [0.3, 0.4) is 0 Å². The maximum Gasteiger partial charge on any atom is 0.348 e. The van der Waals surface area contributed by atoms with Crippen molar-refractivity contribution >= 4 is 17.0 Å². The molecule has 0 aliphatic carbocycles. The summed E-state index contributed by atoms with van der Waals surface area (Å²) in [5.74, 6) is 0.511. The van der Waals surface area contributed by atoms with E-state index in [-0.39, 0.29) is 0 Å². The van der Waals surface area contributed by atoms with Gasteiger partial charge in [0, 0.05) is 6.54 Å². The van der Waals surface area contributed by atoms with Crippen molar-refractivity contribution in [2.45, 2.75) is 13.5 Å². The second kappa shape index (κ2) is 4.56. The van der Waals surface area contributed by atoms with Crippen LogP contribution in [0.5, 0.6) is 0 Å². The third kappa shape index (κ3) is 2.33. The summed E-state index contributed by atoms with van der Waals surface area (Å²) in [5.41, 5.74) is 3.14. The lowest BCUT2D eigenvalue weighted by atomic mass is 10.1. The molecule has 0 unspecified atom stereocenters. The molecule has 6 heteroatoms. The average Bonchev–Trinajstić information content (AvgIpc) is 2.85. The van der Waals surface area contributed by atoms with Gasteiger partial charge in [-0.05, 0) is 12.5 Å². The Balaban J connectivity index is 1.87. The molecule has 2 aromatic heterocycles. The van der Waals surface area contributed by atoms with Gasteiger partial charge in [0.05, 0.1) is 6.33 Å². The molecule has 3 N–H and O–H groups in total. The molecule has 1 aromatic carbocycles. The first-order valence-electron chi connectivity index (χ1n) is 5.95. The van der Waals surface area contributed by atoms with Gasteiger partial charge < -0.3 is 10.3 Å². The number of aromatic amines is 2. The second-order valence-electron chi connectivity index (χ2n) is 4.36. The molecule has 0 bridgehead atoms. The van der Waals surface area contributed by atoms with E-state index < -0.39 is 5.69 Å². The number of H-pyrrole nitrogens is 2. The van der Waals surface area contributed by atoms with E-state index in [4.69, 9.17) is 0 Å². The number of nitrogens with one attached hydrogen (secondary N) is 3. The van der Waals surface area contributed by atoms with Crippen LogP contribution in [-0.2, 0) is 6.54 Å². The number of hydrogen-bond acceptors (Lipinski definition) is 4. The van der Waals surface area contributed by atoms with Crippen LogP contribution in [0.4, 0.5) is 5.82 Å². The standard InChI is InChI=1S/C13H13N5O/c1-8-2-4-9(5-3-8)6-14-11-10-12(16-7-15-10)18-13(19)17-11/h2-5,7H,6H2,1H3,(H3,14,15,16,17,18,19). The minimum atomic E-state index is -0.411. The highest BCUT2D eigenvalue weighted by Crippen LogP contribution is 2.14. The van der Waals surface area contributed by atoms with E-state index in [2.05, 4.69) is 25.3 Å². The molecule has 3 rings (SSSR count). The summed E-state index contributed by atoms with van der Waals surface area (Å²) in [6, 6.07) is 8.18. The van der Waals surface area contributed by atoms with Crippen molar-refractivity contribution in [2.24, 2.45) is 0 Å². The lowest BCUT2D eigenvalue weighted by molar-refractivity contribution is 1.06. The summed E-state index contributed by atoms with van der Waals surface area (Å²) in [6.07, 6.45) is 1.53. The molecule has 0 spiro atoms.